The fraction of sp³-hybridized carbons (Fsp3) is 0.417. The highest BCUT2D eigenvalue weighted by Gasteiger charge is 2.08. The Balaban J connectivity index is 2.63. The molecular formula is C12H16O2S. The number of carbonyl (C=O) groups is 1. The van der Waals surface area contributed by atoms with Crippen molar-refractivity contribution in [2.24, 2.45) is 5.92 Å². The first-order chi connectivity index (χ1) is 7.11. The van der Waals surface area contributed by atoms with Crippen molar-refractivity contribution < 1.29 is 9.90 Å². The fourth-order valence-electron chi connectivity index (χ4n) is 1.26. The third-order valence-corrected chi connectivity index (χ3v) is 3.37. The number of hydrogen-bond acceptors (Lipinski definition) is 2. The van der Waals surface area contributed by atoms with Crippen LogP contribution < -0.4 is 0 Å². The molecule has 0 heterocycles. The normalized spacial score (nSPS) is 10.6. The van der Waals surface area contributed by atoms with Crippen LogP contribution in [-0.4, -0.2) is 16.8 Å². The van der Waals surface area contributed by atoms with Gasteiger partial charge in [0, 0.05) is 5.75 Å². The van der Waals surface area contributed by atoms with Crippen LogP contribution >= 0.6 is 11.8 Å². The maximum absolute atomic E-state index is 10.9. The van der Waals surface area contributed by atoms with Crippen LogP contribution in [0.25, 0.3) is 0 Å². The molecule has 1 rings (SSSR count). The summed E-state index contributed by atoms with van der Waals surface area (Å²) in [5, 5.41) is 8.96. The zero-order valence-electron chi connectivity index (χ0n) is 9.06. The number of rotatable bonds is 5. The van der Waals surface area contributed by atoms with Gasteiger partial charge in [-0.25, -0.2) is 4.79 Å². The summed E-state index contributed by atoms with van der Waals surface area (Å²) in [4.78, 5) is 10.9. The minimum atomic E-state index is -0.837. The maximum Gasteiger partial charge on any atom is 0.335 e. The number of carboxylic acids is 1. The monoisotopic (exact) mass is 224 g/mol. The van der Waals surface area contributed by atoms with Gasteiger partial charge in [-0.15, -0.1) is 0 Å². The van der Waals surface area contributed by atoms with E-state index in [1.807, 2.05) is 12.1 Å². The van der Waals surface area contributed by atoms with E-state index in [-0.39, 0.29) is 0 Å². The van der Waals surface area contributed by atoms with Crippen molar-refractivity contribution in [2.45, 2.75) is 19.6 Å². The van der Waals surface area contributed by atoms with Gasteiger partial charge in [0.2, 0.25) is 0 Å². The number of thioether (sulfide) groups is 1. The summed E-state index contributed by atoms with van der Waals surface area (Å²) in [6.07, 6.45) is 0. The van der Waals surface area contributed by atoms with E-state index in [1.54, 1.807) is 23.9 Å². The summed E-state index contributed by atoms with van der Waals surface area (Å²) < 4.78 is 0. The third kappa shape index (κ3) is 3.96. The summed E-state index contributed by atoms with van der Waals surface area (Å²) >= 11 is 1.78. The van der Waals surface area contributed by atoms with Gasteiger partial charge in [0.15, 0.2) is 0 Å². The van der Waals surface area contributed by atoms with Crippen molar-refractivity contribution in [3.05, 3.63) is 35.4 Å². The minimum absolute atomic E-state index is 0.425. The van der Waals surface area contributed by atoms with Crippen LogP contribution in [0, 0.1) is 5.92 Å². The van der Waals surface area contributed by atoms with E-state index in [2.05, 4.69) is 13.8 Å². The van der Waals surface area contributed by atoms with Gasteiger partial charge in [-0.3, -0.25) is 0 Å². The average molecular weight is 224 g/mol. The molecule has 0 aliphatic rings. The Labute approximate surface area is 94.7 Å². The summed E-state index contributed by atoms with van der Waals surface area (Å²) in [6, 6.07) is 7.20. The molecule has 0 radical (unpaired) electrons. The smallest absolute Gasteiger partial charge is 0.335 e. The standard InChI is InChI=1S/C12H16O2S/c1-9(2)7-15-8-10-5-3-4-6-11(10)12(13)14/h3-6,9H,7-8H2,1-2H3,(H,13,14). The second-order valence-corrected chi connectivity index (χ2v) is 4.90. The van der Waals surface area contributed by atoms with Gasteiger partial charge >= 0.3 is 5.97 Å². The van der Waals surface area contributed by atoms with Crippen LogP contribution in [0.4, 0.5) is 0 Å². The van der Waals surface area contributed by atoms with Gasteiger partial charge in [0.05, 0.1) is 5.56 Å². The molecule has 1 aromatic carbocycles. The number of aromatic carboxylic acids is 1. The molecular weight excluding hydrogens is 208 g/mol. The van der Waals surface area contributed by atoms with Crippen LogP contribution in [0.15, 0.2) is 24.3 Å². The second kappa shape index (κ2) is 5.81. The molecule has 1 aromatic rings. The van der Waals surface area contributed by atoms with E-state index in [0.717, 1.165) is 17.1 Å². The van der Waals surface area contributed by atoms with Crippen molar-refractivity contribution in [3.8, 4) is 0 Å². The first-order valence-electron chi connectivity index (χ1n) is 5.00. The molecule has 15 heavy (non-hydrogen) atoms. The van der Waals surface area contributed by atoms with E-state index in [9.17, 15) is 4.79 Å². The summed E-state index contributed by atoms with van der Waals surface area (Å²) in [6.45, 7) is 4.33. The van der Waals surface area contributed by atoms with Gasteiger partial charge in [-0.2, -0.15) is 11.8 Å². The quantitative estimate of drug-likeness (QED) is 0.834. The molecule has 0 aliphatic heterocycles. The van der Waals surface area contributed by atoms with Gasteiger partial charge in [0.1, 0.15) is 0 Å². The average Bonchev–Trinajstić information content (AvgIpc) is 2.17. The van der Waals surface area contributed by atoms with E-state index in [1.165, 1.54) is 0 Å². The fourth-order valence-corrected chi connectivity index (χ4v) is 2.32. The molecule has 0 spiro atoms. The lowest BCUT2D eigenvalue weighted by atomic mass is 10.1. The predicted octanol–water partition coefficient (Wildman–Crippen LogP) is 3.27. The Morgan fingerprint density at radius 2 is 2.07 bits per heavy atom. The zero-order valence-corrected chi connectivity index (χ0v) is 9.88. The van der Waals surface area contributed by atoms with Crippen LogP contribution in [0.1, 0.15) is 29.8 Å². The summed E-state index contributed by atoms with van der Waals surface area (Å²) in [5.74, 6) is 1.65. The molecule has 0 amide bonds. The lowest BCUT2D eigenvalue weighted by molar-refractivity contribution is 0.0696. The molecule has 82 valence electrons. The Morgan fingerprint density at radius 1 is 1.40 bits per heavy atom. The molecule has 3 heteroatoms. The molecule has 0 atom stereocenters. The Morgan fingerprint density at radius 3 is 2.67 bits per heavy atom. The topological polar surface area (TPSA) is 37.3 Å². The molecule has 0 saturated carbocycles. The highest BCUT2D eigenvalue weighted by atomic mass is 32.2. The van der Waals surface area contributed by atoms with Crippen molar-refractivity contribution in [1.82, 2.24) is 0 Å². The maximum atomic E-state index is 10.9. The minimum Gasteiger partial charge on any atom is -0.478 e. The highest BCUT2D eigenvalue weighted by Crippen LogP contribution is 2.18. The summed E-state index contributed by atoms with van der Waals surface area (Å²) in [5.41, 5.74) is 1.34. The van der Waals surface area contributed by atoms with Crippen LogP contribution in [0.5, 0.6) is 0 Å². The number of benzene rings is 1. The molecule has 0 aliphatic carbocycles. The van der Waals surface area contributed by atoms with Gasteiger partial charge in [-0.05, 0) is 23.3 Å². The van der Waals surface area contributed by atoms with Gasteiger partial charge < -0.3 is 5.11 Å². The Kier molecular flexibility index (Phi) is 4.69. The lowest BCUT2D eigenvalue weighted by Crippen LogP contribution is -2.01. The number of hydrogen-bond donors (Lipinski definition) is 1. The van der Waals surface area contributed by atoms with Crippen molar-refractivity contribution in [3.63, 3.8) is 0 Å². The molecule has 0 fully saturated rings. The molecule has 0 bridgehead atoms. The van der Waals surface area contributed by atoms with Crippen LogP contribution in [0.3, 0.4) is 0 Å². The number of carboxylic acid groups (broad SMARTS) is 1. The molecule has 2 nitrogen and oxygen atoms in total. The largest absolute Gasteiger partial charge is 0.478 e. The molecule has 0 saturated heterocycles. The van der Waals surface area contributed by atoms with E-state index < -0.39 is 5.97 Å². The van der Waals surface area contributed by atoms with Crippen LogP contribution in [-0.2, 0) is 5.75 Å². The zero-order chi connectivity index (χ0) is 11.3. The summed E-state index contributed by atoms with van der Waals surface area (Å²) in [7, 11) is 0. The first kappa shape index (κ1) is 12.1. The first-order valence-corrected chi connectivity index (χ1v) is 6.15. The highest BCUT2D eigenvalue weighted by molar-refractivity contribution is 7.98. The van der Waals surface area contributed by atoms with Gasteiger partial charge in [0.25, 0.3) is 0 Å². The lowest BCUT2D eigenvalue weighted by Gasteiger charge is -2.07. The van der Waals surface area contributed by atoms with Crippen molar-refractivity contribution in [1.29, 1.82) is 0 Å². The SMILES string of the molecule is CC(C)CSCc1ccccc1C(=O)O. The molecule has 0 aromatic heterocycles. The van der Waals surface area contributed by atoms with Crippen molar-refractivity contribution >= 4 is 17.7 Å². The predicted molar refractivity (Wildman–Crippen MR) is 64.4 cm³/mol. The molecule has 0 unspecified atom stereocenters. The Bertz CT molecular complexity index is 334. The second-order valence-electron chi connectivity index (χ2n) is 3.87. The molecule has 1 N–H and O–H groups in total. The third-order valence-electron chi connectivity index (χ3n) is 1.96. The van der Waals surface area contributed by atoms with Gasteiger partial charge in [-0.1, -0.05) is 32.0 Å². The van der Waals surface area contributed by atoms with E-state index in [4.69, 9.17) is 5.11 Å². The van der Waals surface area contributed by atoms with Crippen LogP contribution in [0.2, 0.25) is 0 Å². The Hall–Kier alpha value is -0.960. The van der Waals surface area contributed by atoms with E-state index >= 15 is 0 Å². The van der Waals surface area contributed by atoms with E-state index in [0.29, 0.717) is 11.5 Å². The van der Waals surface area contributed by atoms with Crippen molar-refractivity contribution in [2.75, 3.05) is 5.75 Å².